The Morgan fingerprint density at radius 2 is 2.19 bits per heavy atom. The molecule has 3 heterocycles. The van der Waals surface area contributed by atoms with Gasteiger partial charge in [0, 0.05) is 19.2 Å². The molecular weight excluding hydrogens is 340 g/mol. The van der Waals surface area contributed by atoms with Gasteiger partial charge in [-0.05, 0) is 31.9 Å². The molecule has 26 heavy (non-hydrogen) atoms. The number of carbonyl (C=O) groups is 1. The average Bonchev–Trinajstić information content (AvgIpc) is 3.34. The first-order chi connectivity index (χ1) is 12.6. The number of ether oxygens (including phenoxy) is 3. The summed E-state index contributed by atoms with van der Waals surface area (Å²) in [5.41, 5.74) is 0.233. The van der Waals surface area contributed by atoms with Crippen molar-refractivity contribution in [2.75, 3.05) is 19.9 Å². The molecule has 0 saturated carbocycles. The van der Waals surface area contributed by atoms with E-state index in [2.05, 4.69) is 10.4 Å². The number of aromatic nitrogens is 3. The van der Waals surface area contributed by atoms with E-state index in [4.69, 9.17) is 14.2 Å². The molecule has 1 amide bonds. The van der Waals surface area contributed by atoms with Gasteiger partial charge in [0.2, 0.25) is 12.7 Å². The van der Waals surface area contributed by atoms with E-state index in [9.17, 15) is 9.59 Å². The Balaban J connectivity index is 1.49. The highest BCUT2D eigenvalue weighted by atomic mass is 16.7. The van der Waals surface area contributed by atoms with Crippen LogP contribution in [0.1, 0.15) is 18.7 Å². The molecule has 0 radical (unpaired) electrons. The fourth-order valence-corrected chi connectivity index (χ4v) is 3.17. The molecule has 2 aliphatic heterocycles. The van der Waals surface area contributed by atoms with Gasteiger partial charge in [-0.15, -0.1) is 0 Å². The largest absolute Gasteiger partial charge is 0.454 e. The lowest BCUT2D eigenvalue weighted by Crippen LogP contribution is -2.37. The zero-order chi connectivity index (χ0) is 18.1. The predicted molar refractivity (Wildman–Crippen MR) is 90.7 cm³/mol. The number of nitrogens with zero attached hydrogens (tertiary/aromatic N) is 3. The minimum Gasteiger partial charge on any atom is -0.454 e. The summed E-state index contributed by atoms with van der Waals surface area (Å²) < 4.78 is 18.7. The van der Waals surface area contributed by atoms with Crippen LogP contribution >= 0.6 is 0 Å². The number of nitrogens with one attached hydrogen (secondary N) is 1. The quantitative estimate of drug-likeness (QED) is 0.827. The average molecular weight is 360 g/mol. The molecule has 1 aromatic heterocycles. The number of hydrogen-bond donors (Lipinski definition) is 1. The van der Waals surface area contributed by atoms with E-state index in [0.29, 0.717) is 29.6 Å². The number of amides is 1. The maximum absolute atomic E-state index is 12.7. The fourth-order valence-electron chi connectivity index (χ4n) is 3.17. The first kappa shape index (κ1) is 16.6. The number of fused-ring (bicyclic) bond motifs is 1. The van der Waals surface area contributed by atoms with Gasteiger partial charge in [0.1, 0.15) is 12.4 Å². The van der Waals surface area contributed by atoms with E-state index in [1.807, 2.05) is 0 Å². The van der Waals surface area contributed by atoms with Crippen molar-refractivity contribution in [2.24, 2.45) is 0 Å². The zero-order valence-electron chi connectivity index (χ0n) is 14.4. The highest BCUT2D eigenvalue weighted by molar-refractivity contribution is 5.75. The van der Waals surface area contributed by atoms with Gasteiger partial charge in [-0.2, -0.15) is 5.10 Å². The molecule has 1 N–H and O–H groups in total. The molecule has 1 atom stereocenters. The minimum atomic E-state index is -0.381. The van der Waals surface area contributed by atoms with Crippen LogP contribution < -0.4 is 20.5 Å². The van der Waals surface area contributed by atoms with E-state index < -0.39 is 0 Å². The lowest BCUT2D eigenvalue weighted by atomic mass is 10.2. The van der Waals surface area contributed by atoms with Crippen molar-refractivity contribution in [1.82, 2.24) is 19.7 Å². The standard InChI is InChI=1S/C17H20N4O5/c1-11-19-20(9-16(22)18-8-13-3-2-6-24-13)17(23)21(11)12-4-5-14-15(7-12)26-10-25-14/h4-5,7,13H,2-3,6,8-10H2,1H3,(H,18,22). The zero-order valence-corrected chi connectivity index (χ0v) is 14.4. The van der Waals surface area contributed by atoms with Crippen molar-refractivity contribution in [3.63, 3.8) is 0 Å². The van der Waals surface area contributed by atoms with Crippen molar-refractivity contribution in [3.8, 4) is 17.2 Å². The maximum Gasteiger partial charge on any atom is 0.351 e. The summed E-state index contributed by atoms with van der Waals surface area (Å²) in [7, 11) is 0. The van der Waals surface area contributed by atoms with E-state index in [-0.39, 0.29) is 31.0 Å². The molecule has 0 bridgehead atoms. The summed E-state index contributed by atoms with van der Waals surface area (Å²) in [6, 6.07) is 5.22. The van der Waals surface area contributed by atoms with Gasteiger partial charge in [-0.3, -0.25) is 4.79 Å². The molecule has 1 unspecified atom stereocenters. The second-order valence-electron chi connectivity index (χ2n) is 6.30. The summed E-state index contributed by atoms with van der Waals surface area (Å²) in [6.45, 7) is 2.93. The van der Waals surface area contributed by atoms with Crippen LogP contribution in [0.25, 0.3) is 5.69 Å². The van der Waals surface area contributed by atoms with Gasteiger partial charge >= 0.3 is 5.69 Å². The predicted octanol–water partition coefficient (Wildman–Crippen LogP) is 0.366. The molecule has 0 spiro atoms. The van der Waals surface area contributed by atoms with Crippen LogP contribution in [0.2, 0.25) is 0 Å². The van der Waals surface area contributed by atoms with E-state index in [1.165, 1.54) is 4.57 Å². The molecule has 138 valence electrons. The van der Waals surface area contributed by atoms with Crippen molar-refractivity contribution in [3.05, 3.63) is 34.5 Å². The fraction of sp³-hybridized carbons (Fsp3) is 0.471. The first-order valence-corrected chi connectivity index (χ1v) is 8.56. The van der Waals surface area contributed by atoms with Gasteiger partial charge in [-0.1, -0.05) is 0 Å². The first-order valence-electron chi connectivity index (χ1n) is 8.56. The molecule has 1 aromatic carbocycles. The molecular formula is C17H20N4O5. The molecule has 1 fully saturated rings. The Morgan fingerprint density at radius 3 is 3.00 bits per heavy atom. The molecule has 9 nitrogen and oxygen atoms in total. The normalized spacial score (nSPS) is 18.3. The molecule has 9 heteroatoms. The van der Waals surface area contributed by atoms with Crippen LogP contribution in [0.5, 0.6) is 11.5 Å². The lowest BCUT2D eigenvalue weighted by Gasteiger charge is -2.10. The Hall–Kier alpha value is -2.81. The second kappa shape index (κ2) is 6.83. The Bertz CT molecular complexity index is 882. The number of rotatable bonds is 5. The smallest absolute Gasteiger partial charge is 0.351 e. The van der Waals surface area contributed by atoms with Crippen molar-refractivity contribution >= 4 is 5.91 Å². The van der Waals surface area contributed by atoms with Crippen LogP contribution in [-0.4, -0.2) is 46.3 Å². The SMILES string of the molecule is Cc1nn(CC(=O)NCC2CCCO2)c(=O)n1-c1ccc2c(c1)OCO2. The number of carbonyl (C=O) groups excluding carboxylic acids is 1. The van der Waals surface area contributed by atoms with Gasteiger partial charge in [0.25, 0.3) is 0 Å². The number of aryl methyl sites for hydroxylation is 1. The Labute approximate surface area is 149 Å². The van der Waals surface area contributed by atoms with Crippen molar-refractivity contribution in [2.45, 2.75) is 32.4 Å². The molecule has 1 saturated heterocycles. The van der Waals surface area contributed by atoms with E-state index in [1.54, 1.807) is 25.1 Å². The summed E-state index contributed by atoms with van der Waals surface area (Å²) in [5, 5.41) is 7.00. The van der Waals surface area contributed by atoms with Gasteiger partial charge < -0.3 is 19.5 Å². The third-order valence-electron chi connectivity index (χ3n) is 4.46. The summed E-state index contributed by atoms with van der Waals surface area (Å²) in [5.74, 6) is 1.44. The van der Waals surface area contributed by atoms with E-state index in [0.717, 1.165) is 24.1 Å². The van der Waals surface area contributed by atoms with Crippen molar-refractivity contribution in [1.29, 1.82) is 0 Å². The highest BCUT2D eigenvalue weighted by Crippen LogP contribution is 2.33. The van der Waals surface area contributed by atoms with Gasteiger partial charge in [0.15, 0.2) is 11.5 Å². The number of hydrogen-bond acceptors (Lipinski definition) is 6. The topological polar surface area (TPSA) is 96.6 Å². The minimum absolute atomic E-state index is 0.0589. The molecule has 4 rings (SSSR count). The van der Waals surface area contributed by atoms with Gasteiger partial charge in [-0.25, -0.2) is 14.0 Å². The number of benzene rings is 1. The maximum atomic E-state index is 12.7. The monoisotopic (exact) mass is 360 g/mol. The Kier molecular flexibility index (Phi) is 4.37. The van der Waals surface area contributed by atoms with Crippen molar-refractivity contribution < 1.29 is 19.0 Å². The highest BCUT2D eigenvalue weighted by Gasteiger charge is 2.20. The summed E-state index contributed by atoms with van der Waals surface area (Å²) in [6.07, 6.45) is 2.01. The van der Waals surface area contributed by atoms with Crippen LogP contribution in [0, 0.1) is 6.92 Å². The third kappa shape index (κ3) is 3.17. The Morgan fingerprint density at radius 1 is 1.35 bits per heavy atom. The van der Waals surface area contributed by atoms with Crippen LogP contribution in [-0.2, 0) is 16.1 Å². The van der Waals surface area contributed by atoms with Crippen LogP contribution in [0.4, 0.5) is 0 Å². The third-order valence-corrected chi connectivity index (χ3v) is 4.46. The molecule has 2 aromatic rings. The van der Waals surface area contributed by atoms with Crippen LogP contribution in [0.15, 0.2) is 23.0 Å². The second-order valence-corrected chi connectivity index (χ2v) is 6.30. The van der Waals surface area contributed by atoms with Gasteiger partial charge in [0.05, 0.1) is 11.8 Å². The molecule has 2 aliphatic rings. The van der Waals surface area contributed by atoms with E-state index >= 15 is 0 Å². The summed E-state index contributed by atoms with van der Waals surface area (Å²) in [4.78, 5) is 24.8. The molecule has 0 aliphatic carbocycles. The van der Waals surface area contributed by atoms with Crippen LogP contribution in [0.3, 0.4) is 0 Å². The summed E-state index contributed by atoms with van der Waals surface area (Å²) >= 11 is 0. The lowest BCUT2D eigenvalue weighted by molar-refractivity contribution is -0.122.